The number of anilines is 2. The lowest BCUT2D eigenvalue weighted by Gasteiger charge is -2.28. The predicted octanol–water partition coefficient (Wildman–Crippen LogP) is 14.0. The van der Waals surface area contributed by atoms with Crippen molar-refractivity contribution in [2.24, 2.45) is 11.8 Å². The summed E-state index contributed by atoms with van der Waals surface area (Å²) in [6.45, 7) is 4.51. The van der Waals surface area contributed by atoms with Gasteiger partial charge in [-0.05, 0) is 61.1 Å². The Balaban J connectivity index is 1.91. The Hall–Kier alpha value is -4.74. The van der Waals surface area contributed by atoms with Crippen molar-refractivity contribution < 1.29 is 49.2 Å². The van der Waals surface area contributed by atoms with Gasteiger partial charge in [0, 0.05) is 24.2 Å². The molecular formula is C52H80N2O10. The van der Waals surface area contributed by atoms with E-state index in [1.54, 1.807) is 0 Å². The Kier molecular flexibility index (Phi) is 29.2. The molecule has 0 fully saturated rings. The fourth-order valence-corrected chi connectivity index (χ4v) is 8.74. The number of nitrogens with one attached hydrogen (secondary N) is 2. The van der Waals surface area contributed by atoms with E-state index in [0.717, 1.165) is 50.7 Å². The molecule has 0 bridgehead atoms. The standard InChI is InChI=1S/C52H80N2O10/c1-3-5-7-9-11-15-21-27-39(29-23-17-13-19-25-31-47(55)53-45-35-41(49(57)58)33-42(36-45)50(59)60)40(28-22-16-12-10-8-6-4-2)30-24-18-14-20-26-32-48(56)54-46-37-43(51(61)62)34-44(38-46)52(63)64/h33-40H,3-32H2,1-2H3,(H,53,55)(H,54,56)(H,57,58)(H,59,60)(H,61,62)(H,63,64). The van der Waals surface area contributed by atoms with Crippen molar-refractivity contribution >= 4 is 47.1 Å². The van der Waals surface area contributed by atoms with Crippen LogP contribution in [-0.2, 0) is 9.59 Å². The number of carbonyl (C=O) groups excluding carboxylic acids is 2. The Morgan fingerprint density at radius 3 is 0.844 bits per heavy atom. The summed E-state index contributed by atoms with van der Waals surface area (Å²) >= 11 is 0. The zero-order chi connectivity index (χ0) is 47.0. The van der Waals surface area contributed by atoms with Crippen molar-refractivity contribution in [3.05, 3.63) is 58.7 Å². The van der Waals surface area contributed by atoms with Crippen molar-refractivity contribution in [1.29, 1.82) is 0 Å². The van der Waals surface area contributed by atoms with E-state index < -0.39 is 23.9 Å². The number of rotatable bonds is 39. The SMILES string of the molecule is CCCCCCCCCC(CCCCCCCC(=O)Nc1cc(C(=O)O)cc(C(=O)O)c1)C(CCCCCCCCC)CCCCCCCC(=O)Nc1cc(C(=O)O)cc(C(=O)O)c1. The first-order valence-electron chi connectivity index (χ1n) is 24.7. The Morgan fingerprint density at radius 1 is 0.359 bits per heavy atom. The Morgan fingerprint density at radius 2 is 0.594 bits per heavy atom. The average Bonchev–Trinajstić information content (AvgIpc) is 3.25. The summed E-state index contributed by atoms with van der Waals surface area (Å²) in [6.07, 6.45) is 33.6. The first-order chi connectivity index (χ1) is 30.8. The summed E-state index contributed by atoms with van der Waals surface area (Å²) in [6, 6.07) is 7.25. The first kappa shape index (κ1) is 55.4. The lowest BCUT2D eigenvalue weighted by molar-refractivity contribution is -0.117. The van der Waals surface area contributed by atoms with Crippen LogP contribution >= 0.6 is 0 Å². The minimum atomic E-state index is -1.26. The lowest BCUT2D eigenvalue weighted by atomic mass is 9.78. The van der Waals surface area contributed by atoms with Gasteiger partial charge in [-0.15, -0.1) is 0 Å². The van der Waals surface area contributed by atoms with Crippen molar-refractivity contribution in [3.63, 3.8) is 0 Å². The van der Waals surface area contributed by atoms with Crippen molar-refractivity contribution in [1.82, 2.24) is 0 Å². The van der Waals surface area contributed by atoms with Crippen molar-refractivity contribution in [2.75, 3.05) is 10.6 Å². The molecule has 358 valence electrons. The van der Waals surface area contributed by atoms with Gasteiger partial charge in [0.25, 0.3) is 0 Å². The highest BCUT2D eigenvalue weighted by molar-refractivity contribution is 5.99. The van der Waals surface area contributed by atoms with E-state index in [4.69, 9.17) is 0 Å². The van der Waals surface area contributed by atoms with E-state index >= 15 is 0 Å². The minimum Gasteiger partial charge on any atom is -0.478 e. The van der Waals surface area contributed by atoms with Crippen LogP contribution in [0.4, 0.5) is 11.4 Å². The number of aromatic carboxylic acids is 4. The second-order valence-electron chi connectivity index (χ2n) is 17.9. The fourth-order valence-electron chi connectivity index (χ4n) is 8.74. The van der Waals surface area contributed by atoms with E-state index in [-0.39, 0.29) is 58.3 Å². The molecular weight excluding hydrogens is 813 g/mol. The molecule has 12 nitrogen and oxygen atoms in total. The molecule has 64 heavy (non-hydrogen) atoms. The summed E-state index contributed by atoms with van der Waals surface area (Å²) in [4.78, 5) is 71.1. The maximum Gasteiger partial charge on any atom is 0.335 e. The third kappa shape index (κ3) is 24.9. The summed E-state index contributed by atoms with van der Waals surface area (Å²) in [5.74, 6) is -4.15. The highest BCUT2D eigenvalue weighted by Crippen LogP contribution is 2.34. The van der Waals surface area contributed by atoms with Crippen LogP contribution in [0.25, 0.3) is 0 Å². The van der Waals surface area contributed by atoms with Gasteiger partial charge in [-0.1, -0.05) is 181 Å². The van der Waals surface area contributed by atoms with Crippen LogP contribution in [0.15, 0.2) is 36.4 Å². The first-order valence-corrected chi connectivity index (χ1v) is 24.7. The number of benzene rings is 2. The molecule has 2 rings (SSSR count). The second kappa shape index (κ2) is 33.7. The highest BCUT2D eigenvalue weighted by atomic mass is 16.4. The number of carboxylic acid groups (broad SMARTS) is 4. The molecule has 0 spiro atoms. The minimum absolute atomic E-state index is 0.171. The molecule has 2 atom stereocenters. The number of hydrogen-bond acceptors (Lipinski definition) is 6. The number of hydrogen-bond donors (Lipinski definition) is 6. The zero-order valence-electron chi connectivity index (χ0n) is 39.1. The zero-order valence-corrected chi connectivity index (χ0v) is 39.1. The number of amides is 2. The maximum atomic E-state index is 12.6. The van der Waals surface area contributed by atoms with Crippen LogP contribution in [0.5, 0.6) is 0 Å². The van der Waals surface area contributed by atoms with Crippen molar-refractivity contribution in [2.45, 2.75) is 206 Å². The third-order valence-corrected chi connectivity index (χ3v) is 12.4. The molecule has 0 aliphatic heterocycles. The maximum absolute atomic E-state index is 12.6. The Labute approximate surface area is 382 Å². The quantitative estimate of drug-likeness (QED) is 0.0350. The molecule has 2 aromatic carbocycles. The molecule has 0 radical (unpaired) electrons. The highest BCUT2D eigenvalue weighted by Gasteiger charge is 2.21. The van der Waals surface area contributed by atoms with Crippen molar-refractivity contribution in [3.8, 4) is 0 Å². The van der Waals surface area contributed by atoms with E-state index in [1.165, 1.54) is 153 Å². The Bertz CT molecular complexity index is 1520. The van der Waals surface area contributed by atoms with E-state index in [9.17, 15) is 49.2 Å². The molecule has 0 saturated heterocycles. The van der Waals surface area contributed by atoms with Gasteiger partial charge in [-0.2, -0.15) is 0 Å². The van der Waals surface area contributed by atoms with Crippen LogP contribution in [0.3, 0.4) is 0 Å². The molecule has 2 unspecified atom stereocenters. The number of carbonyl (C=O) groups is 6. The molecule has 2 aromatic rings. The normalized spacial score (nSPS) is 12.1. The summed E-state index contributed by atoms with van der Waals surface area (Å²) in [5, 5.41) is 42.7. The van der Waals surface area contributed by atoms with Crippen LogP contribution in [0.1, 0.15) is 248 Å². The summed E-state index contributed by atoms with van der Waals surface area (Å²) in [5.41, 5.74) is -0.411. The van der Waals surface area contributed by atoms with Gasteiger partial charge in [-0.25, -0.2) is 19.2 Å². The second-order valence-corrected chi connectivity index (χ2v) is 17.9. The van der Waals surface area contributed by atoms with Gasteiger partial charge in [0.05, 0.1) is 22.3 Å². The van der Waals surface area contributed by atoms with E-state index in [0.29, 0.717) is 24.7 Å². The van der Waals surface area contributed by atoms with Crippen LogP contribution in [-0.4, -0.2) is 56.1 Å². The summed E-state index contributed by atoms with van der Waals surface area (Å²) in [7, 11) is 0. The van der Waals surface area contributed by atoms with Gasteiger partial charge in [-0.3, -0.25) is 9.59 Å². The molecule has 6 N–H and O–H groups in total. The van der Waals surface area contributed by atoms with Crippen LogP contribution in [0, 0.1) is 11.8 Å². The number of unbranched alkanes of at least 4 members (excludes halogenated alkanes) is 20. The van der Waals surface area contributed by atoms with Gasteiger partial charge < -0.3 is 31.1 Å². The van der Waals surface area contributed by atoms with Gasteiger partial charge in [0.1, 0.15) is 0 Å². The largest absolute Gasteiger partial charge is 0.478 e. The molecule has 0 aliphatic rings. The molecule has 0 aromatic heterocycles. The lowest BCUT2D eigenvalue weighted by Crippen LogP contribution is -2.16. The molecule has 0 aliphatic carbocycles. The third-order valence-electron chi connectivity index (χ3n) is 12.4. The molecule has 0 heterocycles. The van der Waals surface area contributed by atoms with Gasteiger partial charge in [0.15, 0.2) is 0 Å². The average molecular weight is 893 g/mol. The van der Waals surface area contributed by atoms with E-state index in [1.807, 2.05) is 0 Å². The van der Waals surface area contributed by atoms with Gasteiger partial charge >= 0.3 is 23.9 Å². The van der Waals surface area contributed by atoms with Crippen LogP contribution < -0.4 is 10.6 Å². The number of carboxylic acids is 4. The fraction of sp³-hybridized carbons (Fsp3) is 0.654. The topological polar surface area (TPSA) is 207 Å². The van der Waals surface area contributed by atoms with E-state index in [2.05, 4.69) is 24.5 Å². The molecule has 0 saturated carbocycles. The predicted molar refractivity (Wildman–Crippen MR) is 255 cm³/mol. The molecule has 2 amide bonds. The van der Waals surface area contributed by atoms with Gasteiger partial charge in [0.2, 0.25) is 11.8 Å². The molecule has 12 heteroatoms. The monoisotopic (exact) mass is 893 g/mol. The summed E-state index contributed by atoms with van der Waals surface area (Å²) < 4.78 is 0. The smallest absolute Gasteiger partial charge is 0.335 e. The van der Waals surface area contributed by atoms with Crippen LogP contribution in [0.2, 0.25) is 0 Å².